The van der Waals surface area contributed by atoms with Crippen molar-refractivity contribution < 1.29 is 9.53 Å². The Morgan fingerprint density at radius 3 is 2.69 bits per heavy atom. The summed E-state index contributed by atoms with van der Waals surface area (Å²) in [6.07, 6.45) is 2.72. The second kappa shape index (κ2) is 8.53. The van der Waals surface area contributed by atoms with Crippen LogP contribution in [0.15, 0.2) is 66.7 Å². The van der Waals surface area contributed by atoms with Gasteiger partial charge in [0.1, 0.15) is 0 Å². The zero-order valence-corrected chi connectivity index (χ0v) is 18.9. The number of ketones is 1. The average molecular weight is 427 g/mol. The molecular formula is C28H30N2O2. The second-order valence-corrected chi connectivity index (χ2v) is 9.51. The Bertz CT molecular complexity index is 1180. The number of ether oxygens (including phenoxy) is 1. The molecular weight excluding hydrogens is 396 g/mol. The van der Waals surface area contributed by atoms with E-state index >= 15 is 0 Å². The van der Waals surface area contributed by atoms with E-state index in [2.05, 4.69) is 54.4 Å². The van der Waals surface area contributed by atoms with Crippen LogP contribution in [0.4, 0.5) is 0 Å². The van der Waals surface area contributed by atoms with Gasteiger partial charge in [-0.1, -0.05) is 54.6 Å². The van der Waals surface area contributed by atoms with Gasteiger partial charge in [0, 0.05) is 48.1 Å². The minimum atomic E-state index is -0.108. The van der Waals surface area contributed by atoms with Crippen molar-refractivity contribution in [1.29, 1.82) is 0 Å². The minimum absolute atomic E-state index is 0.0338. The Hall–Kier alpha value is -2.95. The van der Waals surface area contributed by atoms with Crippen LogP contribution in [0.3, 0.4) is 0 Å². The van der Waals surface area contributed by atoms with E-state index in [1.54, 1.807) is 6.08 Å². The van der Waals surface area contributed by atoms with Gasteiger partial charge in [-0.15, -0.1) is 0 Å². The highest BCUT2D eigenvalue weighted by Crippen LogP contribution is 2.31. The number of hydrogen-bond acceptors (Lipinski definition) is 4. The number of hydrogen-bond donors (Lipinski definition) is 1. The summed E-state index contributed by atoms with van der Waals surface area (Å²) in [7, 11) is 0. The number of nitrogens with one attached hydrogen (secondary N) is 1. The van der Waals surface area contributed by atoms with Crippen LogP contribution in [0.1, 0.15) is 40.9 Å². The summed E-state index contributed by atoms with van der Waals surface area (Å²) in [6.45, 7) is 8.80. The maximum absolute atomic E-state index is 13.4. The Kier molecular flexibility index (Phi) is 5.58. The SMILES string of the molecule is CC1(C)Cc2ccc(CN3CCOCC3)cc2/C(=C/C(=O)c2cccc3ccccc23)N1. The molecule has 0 unspecified atom stereocenters. The Labute approximate surface area is 189 Å². The van der Waals surface area contributed by atoms with E-state index in [1.807, 2.05) is 30.3 Å². The number of morpholine rings is 1. The van der Waals surface area contributed by atoms with Gasteiger partial charge in [0.05, 0.1) is 13.2 Å². The molecule has 0 atom stereocenters. The molecule has 0 spiro atoms. The zero-order chi connectivity index (χ0) is 22.1. The van der Waals surface area contributed by atoms with Gasteiger partial charge in [-0.2, -0.15) is 0 Å². The molecule has 0 amide bonds. The molecule has 2 heterocycles. The van der Waals surface area contributed by atoms with Crippen molar-refractivity contribution in [2.45, 2.75) is 32.4 Å². The average Bonchev–Trinajstić information content (AvgIpc) is 2.79. The molecule has 0 aliphatic carbocycles. The van der Waals surface area contributed by atoms with Gasteiger partial charge < -0.3 is 10.1 Å². The summed E-state index contributed by atoms with van der Waals surface area (Å²) < 4.78 is 5.49. The van der Waals surface area contributed by atoms with Crippen molar-refractivity contribution in [1.82, 2.24) is 10.2 Å². The first kappa shape index (κ1) is 20.9. The third-order valence-corrected chi connectivity index (χ3v) is 6.41. The summed E-state index contributed by atoms with van der Waals surface area (Å²) in [5, 5.41) is 5.71. The first-order valence-electron chi connectivity index (χ1n) is 11.4. The van der Waals surface area contributed by atoms with Crippen LogP contribution in [-0.4, -0.2) is 42.5 Å². The lowest BCUT2D eigenvalue weighted by molar-refractivity contribution is 0.0342. The van der Waals surface area contributed by atoms with Crippen molar-refractivity contribution in [2.24, 2.45) is 0 Å². The first-order chi connectivity index (χ1) is 15.5. The van der Waals surface area contributed by atoms with E-state index in [1.165, 1.54) is 11.1 Å². The van der Waals surface area contributed by atoms with Gasteiger partial charge in [0.25, 0.3) is 0 Å². The Morgan fingerprint density at radius 1 is 1.06 bits per heavy atom. The largest absolute Gasteiger partial charge is 0.379 e. The lowest BCUT2D eigenvalue weighted by atomic mass is 9.84. The molecule has 1 N–H and O–H groups in total. The molecule has 4 heteroatoms. The highest BCUT2D eigenvalue weighted by molar-refractivity contribution is 6.15. The molecule has 0 radical (unpaired) electrons. The summed E-state index contributed by atoms with van der Waals surface area (Å²) in [5.74, 6) is 0.0338. The molecule has 0 bridgehead atoms. The second-order valence-electron chi connectivity index (χ2n) is 9.51. The van der Waals surface area contributed by atoms with E-state index in [9.17, 15) is 4.79 Å². The fourth-order valence-corrected chi connectivity index (χ4v) is 4.86. The van der Waals surface area contributed by atoms with Crippen LogP contribution >= 0.6 is 0 Å². The van der Waals surface area contributed by atoms with Gasteiger partial charge in [0.15, 0.2) is 5.78 Å². The number of nitrogens with zero attached hydrogens (tertiary/aromatic N) is 1. The summed E-state index contributed by atoms with van der Waals surface area (Å²) in [6, 6.07) is 20.7. The number of fused-ring (bicyclic) bond motifs is 2. The standard InChI is InChI=1S/C28H30N2O2/c1-28(2)18-22-11-10-20(19-30-12-14-32-15-13-30)16-25(22)26(29-28)17-27(31)24-9-5-7-21-6-3-4-8-23(21)24/h3-11,16-17,29H,12-15,18-19H2,1-2H3/b26-17-. The molecule has 0 aromatic heterocycles. The van der Waals surface area contributed by atoms with Gasteiger partial charge in [-0.25, -0.2) is 0 Å². The number of carbonyl (C=O) groups excluding carboxylic acids is 1. The van der Waals surface area contributed by atoms with Crippen LogP contribution in [-0.2, 0) is 17.7 Å². The fraction of sp³-hybridized carbons (Fsp3) is 0.321. The number of rotatable bonds is 4. The number of benzene rings is 3. The topological polar surface area (TPSA) is 41.6 Å². The van der Waals surface area contributed by atoms with E-state index < -0.39 is 0 Å². The van der Waals surface area contributed by atoms with Crippen LogP contribution in [0.25, 0.3) is 16.5 Å². The molecule has 0 saturated carbocycles. The van der Waals surface area contributed by atoms with Gasteiger partial charge in [0.2, 0.25) is 0 Å². The van der Waals surface area contributed by atoms with Crippen molar-refractivity contribution in [3.8, 4) is 0 Å². The fourth-order valence-electron chi connectivity index (χ4n) is 4.86. The van der Waals surface area contributed by atoms with E-state index in [0.717, 1.165) is 66.9 Å². The Morgan fingerprint density at radius 2 is 1.84 bits per heavy atom. The van der Waals surface area contributed by atoms with E-state index in [0.29, 0.717) is 0 Å². The van der Waals surface area contributed by atoms with Crippen molar-refractivity contribution in [2.75, 3.05) is 26.3 Å². The lowest BCUT2D eigenvalue weighted by Crippen LogP contribution is -2.44. The van der Waals surface area contributed by atoms with Crippen LogP contribution in [0, 0.1) is 0 Å². The van der Waals surface area contributed by atoms with Gasteiger partial charge >= 0.3 is 0 Å². The highest BCUT2D eigenvalue weighted by Gasteiger charge is 2.28. The van der Waals surface area contributed by atoms with Gasteiger partial charge in [-0.05, 0) is 48.2 Å². The van der Waals surface area contributed by atoms with Crippen LogP contribution in [0.5, 0.6) is 0 Å². The van der Waals surface area contributed by atoms with Crippen LogP contribution in [0.2, 0.25) is 0 Å². The molecule has 3 aromatic carbocycles. The predicted molar refractivity (Wildman–Crippen MR) is 130 cm³/mol. The van der Waals surface area contributed by atoms with Crippen molar-refractivity contribution >= 4 is 22.3 Å². The molecule has 2 aliphatic heterocycles. The van der Waals surface area contributed by atoms with Crippen molar-refractivity contribution in [3.63, 3.8) is 0 Å². The predicted octanol–water partition coefficient (Wildman–Crippen LogP) is 4.82. The maximum atomic E-state index is 13.4. The molecule has 32 heavy (non-hydrogen) atoms. The molecule has 1 saturated heterocycles. The van der Waals surface area contributed by atoms with Gasteiger partial charge in [-0.3, -0.25) is 9.69 Å². The molecule has 1 fully saturated rings. The van der Waals surface area contributed by atoms with Crippen molar-refractivity contribution in [3.05, 3.63) is 89.0 Å². The summed E-state index contributed by atoms with van der Waals surface area (Å²) in [5.41, 5.74) is 5.25. The molecule has 164 valence electrons. The van der Waals surface area contributed by atoms with Crippen LogP contribution < -0.4 is 5.32 Å². The Balaban J connectivity index is 1.51. The van der Waals surface area contributed by atoms with E-state index in [-0.39, 0.29) is 11.3 Å². The maximum Gasteiger partial charge on any atom is 0.188 e. The molecule has 2 aliphatic rings. The molecule has 4 nitrogen and oxygen atoms in total. The monoisotopic (exact) mass is 426 g/mol. The zero-order valence-electron chi connectivity index (χ0n) is 18.9. The minimum Gasteiger partial charge on any atom is -0.379 e. The number of allylic oxidation sites excluding steroid dienone is 1. The normalized spacial score (nSPS) is 19.5. The highest BCUT2D eigenvalue weighted by atomic mass is 16.5. The van der Waals surface area contributed by atoms with E-state index in [4.69, 9.17) is 4.74 Å². The third kappa shape index (κ3) is 4.34. The smallest absolute Gasteiger partial charge is 0.188 e. The summed E-state index contributed by atoms with van der Waals surface area (Å²) in [4.78, 5) is 15.8. The lowest BCUT2D eigenvalue weighted by Gasteiger charge is -2.36. The third-order valence-electron chi connectivity index (χ3n) is 6.41. The molecule has 5 rings (SSSR count). The quantitative estimate of drug-likeness (QED) is 0.480. The molecule has 3 aromatic rings. The summed E-state index contributed by atoms with van der Waals surface area (Å²) >= 11 is 0. The number of carbonyl (C=O) groups is 1. The first-order valence-corrected chi connectivity index (χ1v) is 11.4.